The molecule has 2 aromatic rings. The summed E-state index contributed by atoms with van der Waals surface area (Å²) in [7, 11) is 3.59. The fourth-order valence-electron chi connectivity index (χ4n) is 2.39. The number of furan rings is 1. The number of nitrogens with zero attached hydrogens (tertiary/aromatic N) is 1. The van der Waals surface area contributed by atoms with Gasteiger partial charge in [0.15, 0.2) is 0 Å². The van der Waals surface area contributed by atoms with Crippen LogP contribution in [0, 0.1) is 6.92 Å². The standard InChI is InChI=1S/C18H25NO4/c1-14-7-8-18(23-14)11-19(2)10-16(20)13-22-12-15-5-4-6-17(9-15)21-3/h4-9,16,20H,10-13H2,1-3H3. The van der Waals surface area contributed by atoms with Crippen molar-refractivity contribution in [1.82, 2.24) is 4.90 Å². The molecule has 2 rings (SSSR count). The first-order chi connectivity index (χ1) is 11.1. The average molecular weight is 319 g/mol. The van der Waals surface area contributed by atoms with Crippen LogP contribution in [0.5, 0.6) is 5.75 Å². The fraction of sp³-hybridized carbons (Fsp3) is 0.444. The second-order valence-corrected chi connectivity index (χ2v) is 5.73. The van der Waals surface area contributed by atoms with Gasteiger partial charge >= 0.3 is 0 Å². The van der Waals surface area contributed by atoms with Crippen molar-refractivity contribution in [3.05, 3.63) is 53.5 Å². The zero-order chi connectivity index (χ0) is 16.7. The van der Waals surface area contributed by atoms with Gasteiger partial charge < -0.3 is 19.0 Å². The van der Waals surface area contributed by atoms with Crippen LogP contribution in [0.1, 0.15) is 17.1 Å². The van der Waals surface area contributed by atoms with E-state index in [0.717, 1.165) is 22.8 Å². The van der Waals surface area contributed by atoms with E-state index < -0.39 is 6.10 Å². The highest BCUT2D eigenvalue weighted by Gasteiger charge is 2.10. The van der Waals surface area contributed by atoms with Gasteiger partial charge in [0.05, 0.1) is 33.0 Å². The lowest BCUT2D eigenvalue weighted by Crippen LogP contribution is -2.31. The Hall–Kier alpha value is -1.82. The van der Waals surface area contributed by atoms with Gasteiger partial charge in [-0.1, -0.05) is 12.1 Å². The smallest absolute Gasteiger partial charge is 0.119 e. The van der Waals surface area contributed by atoms with Gasteiger partial charge in [-0.05, 0) is 43.8 Å². The summed E-state index contributed by atoms with van der Waals surface area (Å²) in [4.78, 5) is 2.01. The summed E-state index contributed by atoms with van der Waals surface area (Å²) in [5, 5.41) is 10.1. The lowest BCUT2D eigenvalue weighted by Gasteiger charge is -2.19. The monoisotopic (exact) mass is 319 g/mol. The van der Waals surface area contributed by atoms with Crippen LogP contribution in [0.2, 0.25) is 0 Å². The van der Waals surface area contributed by atoms with Crippen molar-refractivity contribution >= 4 is 0 Å². The first kappa shape index (κ1) is 17.5. The van der Waals surface area contributed by atoms with Crippen LogP contribution >= 0.6 is 0 Å². The SMILES string of the molecule is COc1cccc(COCC(O)CN(C)Cc2ccc(C)o2)c1. The molecular weight excluding hydrogens is 294 g/mol. The zero-order valence-corrected chi connectivity index (χ0v) is 14.0. The summed E-state index contributed by atoms with van der Waals surface area (Å²) in [5.74, 6) is 2.60. The molecule has 5 heteroatoms. The Morgan fingerprint density at radius 3 is 2.78 bits per heavy atom. The lowest BCUT2D eigenvalue weighted by molar-refractivity contribution is 0.0119. The summed E-state index contributed by atoms with van der Waals surface area (Å²) in [6, 6.07) is 11.6. The van der Waals surface area contributed by atoms with E-state index in [9.17, 15) is 5.11 Å². The Morgan fingerprint density at radius 1 is 1.26 bits per heavy atom. The predicted octanol–water partition coefficient (Wildman–Crippen LogP) is 2.61. The Balaban J connectivity index is 1.68. The minimum atomic E-state index is -0.540. The van der Waals surface area contributed by atoms with Gasteiger partial charge in [-0.15, -0.1) is 0 Å². The number of benzene rings is 1. The Labute approximate surface area is 137 Å². The molecule has 0 spiro atoms. The molecule has 1 heterocycles. The molecule has 23 heavy (non-hydrogen) atoms. The van der Waals surface area contributed by atoms with Crippen molar-refractivity contribution < 1.29 is 19.0 Å². The van der Waals surface area contributed by atoms with E-state index >= 15 is 0 Å². The van der Waals surface area contributed by atoms with Crippen LogP contribution in [0.4, 0.5) is 0 Å². The number of likely N-dealkylation sites (N-methyl/N-ethyl adjacent to an activating group) is 1. The van der Waals surface area contributed by atoms with Crippen LogP contribution in [0.25, 0.3) is 0 Å². The third-order valence-electron chi connectivity index (χ3n) is 3.46. The number of methoxy groups -OCH3 is 1. The van der Waals surface area contributed by atoms with E-state index in [-0.39, 0.29) is 0 Å². The number of aliphatic hydroxyl groups excluding tert-OH is 1. The van der Waals surface area contributed by atoms with E-state index in [0.29, 0.717) is 26.3 Å². The number of ether oxygens (including phenoxy) is 2. The maximum atomic E-state index is 10.1. The molecule has 0 bridgehead atoms. The van der Waals surface area contributed by atoms with E-state index in [1.807, 2.05) is 55.3 Å². The van der Waals surface area contributed by atoms with Crippen LogP contribution in [-0.4, -0.2) is 43.4 Å². The number of aliphatic hydroxyl groups is 1. The summed E-state index contributed by atoms with van der Waals surface area (Å²) in [6.45, 7) is 3.86. The van der Waals surface area contributed by atoms with Crippen LogP contribution < -0.4 is 4.74 Å². The van der Waals surface area contributed by atoms with Gasteiger partial charge in [-0.2, -0.15) is 0 Å². The number of aryl methyl sites for hydroxylation is 1. The van der Waals surface area contributed by atoms with Crippen molar-refractivity contribution in [2.75, 3.05) is 27.3 Å². The normalized spacial score (nSPS) is 12.6. The highest BCUT2D eigenvalue weighted by molar-refractivity contribution is 5.27. The molecule has 126 valence electrons. The summed E-state index contributed by atoms with van der Waals surface area (Å²) in [5.41, 5.74) is 1.02. The first-order valence-electron chi connectivity index (χ1n) is 7.69. The van der Waals surface area contributed by atoms with Crippen LogP contribution in [0.15, 0.2) is 40.8 Å². The Morgan fingerprint density at radius 2 is 2.09 bits per heavy atom. The molecule has 1 aromatic carbocycles. The second kappa shape index (κ2) is 8.72. The van der Waals surface area contributed by atoms with Gasteiger partial charge in [-0.3, -0.25) is 4.90 Å². The minimum absolute atomic E-state index is 0.290. The predicted molar refractivity (Wildman–Crippen MR) is 88.4 cm³/mol. The third-order valence-corrected chi connectivity index (χ3v) is 3.46. The van der Waals surface area contributed by atoms with E-state index in [1.54, 1.807) is 7.11 Å². The van der Waals surface area contributed by atoms with Crippen molar-refractivity contribution in [2.45, 2.75) is 26.2 Å². The van der Waals surface area contributed by atoms with Crippen molar-refractivity contribution in [3.8, 4) is 5.75 Å². The van der Waals surface area contributed by atoms with Gasteiger partial charge in [0.1, 0.15) is 17.3 Å². The summed E-state index contributed by atoms with van der Waals surface area (Å²) < 4.78 is 16.3. The third kappa shape index (κ3) is 6.06. The maximum absolute atomic E-state index is 10.1. The highest BCUT2D eigenvalue weighted by atomic mass is 16.5. The molecule has 5 nitrogen and oxygen atoms in total. The molecular formula is C18H25NO4. The van der Waals surface area contributed by atoms with Crippen molar-refractivity contribution in [3.63, 3.8) is 0 Å². The van der Waals surface area contributed by atoms with Crippen LogP contribution in [0.3, 0.4) is 0 Å². The topological polar surface area (TPSA) is 55.1 Å². The van der Waals surface area contributed by atoms with E-state index in [1.165, 1.54) is 0 Å². The Kier molecular flexibility index (Phi) is 6.65. The van der Waals surface area contributed by atoms with Gasteiger partial charge in [-0.25, -0.2) is 0 Å². The molecule has 1 aromatic heterocycles. The second-order valence-electron chi connectivity index (χ2n) is 5.73. The molecule has 1 atom stereocenters. The van der Waals surface area contributed by atoms with E-state index in [2.05, 4.69) is 0 Å². The van der Waals surface area contributed by atoms with E-state index in [4.69, 9.17) is 13.9 Å². The Bertz CT molecular complexity index is 596. The molecule has 1 unspecified atom stereocenters. The molecule has 1 N–H and O–H groups in total. The molecule has 0 saturated heterocycles. The molecule has 0 saturated carbocycles. The van der Waals surface area contributed by atoms with Crippen molar-refractivity contribution in [1.29, 1.82) is 0 Å². The quantitative estimate of drug-likeness (QED) is 0.770. The fourth-order valence-corrected chi connectivity index (χ4v) is 2.39. The summed E-state index contributed by atoms with van der Waals surface area (Å²) in [6.07, 6.45) is -0.540. The van der Waals surface area contributed by atoms with Gasteiger partial charge in [0, 0.05) is 6.54 Å². The molecule has 0 aliphatic rings. The van der Waals surface area contributed by atoms with Crippen LogP contribution in [-0.2, 0) is 17.9 Å². The van der Waals surface area contributed by atoms with Gasteiger partial charge in [0.2, 0.25) is 0 Å². The van der Waals surface area contributed by atoms with Crippen molar-refractivity contribution in [2.24, 2.45) is 0 Å². The lowest BCUT2D eigenvalue weighted by atomic mass is 10.2. The molecule has 0 aliphatic carbocycles. The minimum Gasteiger partial charge on any atom is -0.497 e. The summed E-state index contributed by atoms with van der Waals surface area (Å²) >= 11 is 0. The van der Waals surface area contributed by atoms with Gasteiger partial charge in [0.25, 0.3) is 0 Å². The maximum Gasteiger partial charge on any atom is 0.119 e. The largest absolute Gasteiger partial charge is 0.497 e. The number of hydrogen-bond donors (Lipinski definition) is 1. The average Bonchev–Trinajstić information content (AvgIpc) is 2.92. The molecule has 0 fully saturated rings. The highest BCUT2D eigenvalue weighted by Crippen LogP contribution is 2.13. The first-order valence-corrected chi connectivity index (χ1v) is 7.69. The molecule has 0 radical (unpaired) electrons. The molecule has 0 amide bonds. The number of hydrogen-bond acceptors (Lipinski definition) is 5. The zero-order valence-electron chi connectivity index (χ0n) is 14.0. The number of rotatable bonds is 9. The molecule has 0 aliphatic heterocycles.